The van der Waals surface area contributed by atoms with E-state index in [1.807, 2.05) is 0 Å². The first-order valence-electron chi connectivity index (χ1n) is 9.05. The number of nitrogen functional groups attached to an aromatic ring is 1. The maximum absolute atomic E-state index is 12.5. The van der Waals surface area contributed by atoms with Crippen molar-refractivity contribution >= 4 is 22.9 Å². The van der Waals surface area contributed by atoms with Crippen molar-refractivity contribution in [3.05, 3.63) is 30.1 Å². The highest BCUT2D eigenvalue weighted by Crippen LogP contribution is 2.21. The van der Waals surface area contributed by atoms with E-state index >= 15 is 0 Å². The van der Waals surface area contributed by atoms with Crippen LogP contribution in [0.3, 0.4) is 0 Å². The number of nitrogens with one attached hydrogen (secondary N) is 1. The highest BCUT2D eigenvalue weighted by atomic mass is 16.5. The minimum atomic E-state index is -1.22. The van der Waals surface area contributed by atoms with Crippen LogP contribution >= 0.6 is 0 Å². The summed E-state index contributed by atoms with van der Waals surface area (Å²) in [5, 5.41) is 27.8. The third kappa shape index (κ3) is 3.41. The average Bonchev–Trinajstić information content (AvgIpc) is 3.26. The van der Waals surface area contributed by atoms with Crippen molar-refractivity contribution in [1.29, 1.82) is 0 Å². The maximum Gasteiger partial charge on any atom is 0.255 e. The fraction of sp³-hybridized carbons (Fsp3) is 0.471. The molecule has 1 aliphatic rings. The molecular formula is C17H22N8O4. The van der Waals surface area contributed by atoms with Crippen molar-refractivity contribution in [3.8, 4) is 0 Å². The molecule has 1 saturated heterocycles. The predicted molar refractivity (Wildman–Crippen MR) is 101 cm³/mol. The molecule has 5 N–H and O–H groups in total. The van der Waals surface area contributed by atoms with E-state index in [0.717, 1.165) is 0 Å². The first-order chi connectivity index (χ1) is 13.9. The van der Waals surface area contributed by atoms with Gasteiger partial charge in [-0.15, -0.1) is 0 Å². The van der Waals surface area contributed by atoms with Gasteiger partial charge in [0.2, 0.25) is 0 Å². The van der Waals surface area contributed by atoms with Crippen LogP contribution in [0.5, 0.6) is 0 Å². The number of ether oxygens (including phenoxy) is 1. The Labute approximate surface area is 165 Å². The van der Waals surface area contributed by atoms with Gasteiger partial charge in [0.05, 0.1) is 37.3 Å². The van der Waals surface area contributed by atoms with Crippen molar-refractivity contribution in [3.63, 3.8) is 0 Å². The summed E-state index contributed by atoms with van der Waals surface area (Å²) in [5.74, 6) is -0.131. The Balaban J connectivity index is 1.44. The van der Waals surface area contributed by atoms with E-state index in [9.17, 15) is 15.0 Å². The number of amides is 1. The van der Waals surface area contributed by atoms with E-state index in [4.69, 9.17) is 10.5 Å². The molecule has 0 bridgehead atoms. The lowest BCUT2D eigenvalue weighted by atomic mass is 9.97. The number of aryl methyl sites for hydroxylation is 1. The Hall–Kier alpha value is -3.09. The van der Waals surface area contributed by atoms with Gasteiger partial charge in [-0.3, -0.25) is 9.48 Å². The number of nitrogens with zero attached hydrogens (tertiary/aromatic N) is 6. The van der Waals surface area contributed by atoms with Gasteiger partial charge in [-0.2, -0.15) is 5.10 Å². The Morgan fingerprint density at radius 1 is 1.34 bits per heavy atom. The van der Waals surface area contributed by atoms with Crippen molar-refractivity contribution in [2.75, 3.05) is 12.3 Å². The number of carbonyl (C=O) groups is 1. The number of aliphatic hydroxyl groups is 2. The normalized spacial score (nSPS) is 24.7. The van der Waals surface area contributed by atoms with Crippen LogP contribution in [0.4, 0.5) is 5.82 Å². The number of aliphatic hydroxyl groups excluding tert-OH is 2. The summed E-state index contributed by atoms with van der Waals surface area (Å²) in [5.41, 5.74) is 7.84. The summed E-state index contributed by atoms with van der Waals surface area (Å²) in [6.45, 7) is 2.01. The Morgan fingerprint density at radius 2 is 2.14 bits per heavy atom. The van der Waals surface area contributed by atoms with E-state index in [2.05, 4.69) is 25.4 Å². The predicted octanol–water partition coefficient (Wildman–Crippen LogP) is -1.63. The molecule has 4 heterocycles. The second-order valence-corrected chi connectivity index (χ2v) is 7.03. The zero-order valence-corrected chi connectivity index (χ0v) is 15.9. The van der Waals surface area contributed by atoms with Crippen LogP contribution in [-0.4, -0.2) is 76.4 Å². The fourth-order valence-corrected chi connectivity index (χ4v) is 3.36. The van der Waals surface area contributed by atoms with Crippen LogP contribution in [0.25, 0.3) is 11.2 Å². The molecule has 0 saturated carbocycles. The zero-order valence-electron chi connectivity index (χ0n) is 15.9. The molecule has 154 valence electrons. The molecule has 1 amide bonds. The highest BCUT2D eigenvalue weighted by Gasteiger charge is 2.39. The third-order valence-corrected chi connectivity index (χ3v) is 5.24. The molecule has 12 heteroatoms. The van der Waals surface area contributed by atoms with Crippen LogP contribution in [0.2, 0.25) is 0 Å². The molecule has 1 aliphatic heterocycles. The van der Waals surface area contributed by atoms with Crippen LogP contribution in [0.15, 0.2) is 18.9 Å². The number of fused-ring (bicyclic) bond motifs is 1. The molecule has 0 aliphatic carbocycles. The van der Waals surface area contributed by atoms with E-state index < -0.39 is 24.4 Å². The van der Waals surface area contributed by atoms with Gasteiger partial charge in [0.25, 0.3) is 5.91 Å². The lowest BCUT2D eigenvalue weighted by Crippen LogP contribution is -2.60. The molecule has 0 spiro atoms. The Kier molecular flexibility index (Phi) is 4.90. The first-order valence-corrected chi connectivity index (χ1v) is 9.05. The van der Waals surface area contributed by atoms with Crippen molar-refractivity contribution < 1.29 is 19.7 Å². The van der Waals surface area contributed by atoms with Crippen LogP contribution in [0.1, 0.15) is 16.1 Å². The average molecular weight is 402 g/mol. The molecule has 0 unspecified atom stereocenters. The smallest absolute Gasteiger partial charge is 0.255 e. The molecule has 29 heavy (non-hydrogen) atoms. The van der Waals surface area contributed by atoms with E-state index in [0.29, 0.717) is 22.4 Å². The molecule has 1 fully saturated rings. The Morgan fingerprint density at radius 3 is 2.86 bits per heavy atom. The van der Waals surface area contributed by atoms with E-state index in [1.54, 1.807) is 23.2 Å². The van der Waals surface area contributed by atoms with Gasteiger partial charge in [0.1, 0.15) is 30.2 Å². The number of anilines is 1. The number of imidazole rings is 1. The number of nitrogens with two attached hydrogens (primary N) is 1. The largest absolute Gasteiger partial charge is 0.388 e. The summed E-state index contributed by atoms with van der Waals surface area (Å²) in [7, 11) is 1.73. The summed E-state index contributed by atoms with van der Waals surface area (Å²) in [4.78, 5) is 24.7. The SMILES string of the molecule is Cc1c(C(=O)N[C@@H]2CO[C@H](Cn3cnc4c(N)ncnc43)[C@@H](O)[C@H]2O)cnn1C. The summed E-state index contributed by atoms with van der Waals surface area (Å²) in [6, 6.07) is -0.758. The summed E-state index contributed by atoms with van der Waals surface area (Å²) in [6.07, 6.45) is 1.17. The second-order valence-electron chi connectivity index (χ2n) is 7.03. The zero-order chi connectivity index (χ0) is 20.7. The first kappa shape index (κ1) is 19.2. The van der Waals surface area contributed by atoms with Gasteiger partial charge in [0.15, 0.2) is 11.5 Å². The number of rotatable bonds is 4. The molecule has 4 rings (SSSR count). The van der Waals surface area contributed by atoms with Crippen molar-refractivity contribution in [2.45, 2.75) is 37.8 Å². The van der Waals surface area contributed by atoms with Crippen LogP contribution in [0, 0.1) is 6.92 Å². The van der Waals surface area contributed by atoms with Gasteiger partial charge < -0.3 is 30.6 Å². The topological polar surface area (TPSA) is 166 Å². The lowest BCUT2D eigenvalue weighted by molar-refractivity contribution is -0.152. The summed E-state index contributed by atoms with van der Waals surface area (Å²) >= 11 is 0. The third-order valence-electron chi connectivity index (χ3n) is 5.24. The monoisotopic (exact) mass is 402 g/mol. The van der Waals surface area contributed by atoms with Gasteiger partial charge in [-0.1, -0.05) is 0 Å². The van der Waals surface area contributed by atoms with Gasteiger partial charge in [-0.05, 0) is 6.92 Å². The van der Waals surface area contributed by atoms with Crippen LogP contribution in [-0.2, 0) is 18.3 Å². The molecule has 4 atom stereocenters. The summed E-state index contributed by atoms with van der Waals surface area (Å²) < 4.78 is 8.98. The van der Waals surface area contributed by atoms with E-state index in [-0.39, 0.29) is 24.9 Å². The molecule has 0 radical (unpaired) electrons. The number of hydrogen-bond donors (Lipinski definition) is 4. The number of hydrogen-bond acceptors (Lipinski definition) is 9. The van der Waals surface area contributed by atoms with Gasteiger partial charge >= 0.3 is 0 Å². The number of carbonyl (C=O) groups excluding carboxylic acids is 1. The fourth-order valence-electron chi connectivity index (χ4n) is 3.36. The van der Waals surface area contributed by atoms with Gasteiger partial charge in [0, 0.05) is 12.7 Å². The maximum atomic E-state index is 12.5. The standard InChI is InChI=1S/C17H22N8O4/c1-8-9(3-22-24(8)2)17(28)23-10-5-29-11(14(27)13(10)26)4-25-7-21-12-15(18)19-6-20-16(12)25/h3,6-7,10-11,13-14,26-27H,4-5H2,1-2H3,(H,23,28)(H2,18,19,20)/t10-,11-,13+,14-/m1/s1. The van der Waals surface area contributed by atoms with Crippen molar-refractivity contribution in [1.82, 2.24) is 34.6 Å². The second kappa shape index (κ2) is 7.39. The molecule has 3 aromatic heterocycles. The quantitative estimate of drug-likeness (QED) is 0.401. The molecular weight excluding hydrogens is 380 g/mol. The Bertz CT molecular complexity index is 1050. The van der Waals surface area contributed by atoms with Crippen molar-refractivity contribution in [2.24, 2.45) is 7.05 Å². The minimum Gasteiger partial charge on any atom is -0.388 e. The van der Waals surface area contributed by atoms with Crippen LogP contribution < -0.4 is 11.1 Å². The van der Waals surface area contributed by atoms with E-state index in [1.165, 1.54) is 18.9 Å². The number of aromatic nitrogens is 6. The molecule has 0 aromatic carbocycles. The minimum absolute atomic E-state index is 0.0394. The molecule has 12 nitrogen and oxygen atoms in total. The highest BCUT2D eigenvalue weighted by molar-refractivity contribution is 5.95. The van der Waals surface area contributed by atoms with Gasteiger partial charge in [-0.25, -0.2) is 15.0 Å². The molecule has 3 aromatic rings. The lowest BCUT2D eigenvalue weighted by Gasteiger charge is -2.38.